The van der Waals surface area contributed by atoms with Gasteiger partial charge in [0.15, 0.2) is 9.84 Å². The lowest BCUT2D eigenvalue weighted by atomic mass is 9.98. The van der Waals surface area contributed by atoms with Crippen LogP contribution in [-0.2, 0) is 27.7 Å². The zero-order valence-corrected chi connectivity index (χ0v) is 22.3. The summed E-state index contributed by atoms with van der Waals surface area (Å²) in [6.07, 6.45) is 1.69. The second-order valence-electron chi connectivity index (χ2n) is 10.8. The smallest absolute Gasteiger partial charge is 0.307 e. The molecular weight excluding hydrogens is 502 g/mol. The molecule has 0 spiro atoms. The fraction of sp³-hybridized carbons (Fsp3) is 0.400. The molecule has 7 nitrogen and oxygen atoms in total. The summed E-state index contributed by atoms with van der Waals surface area (Å²) in [4.78, 5) is 16.0. The maximum Gasteiger partial charge on any atom is 0.307 e. The van der Waals surface area contributed by atoms with Gasteiger partial charge in [-0.15, -0.1) is 0 Å². The minimum absolute atomic E-state index is 0.125. The van der Waals surface area contributed by atoms with Crippen LogP contribution in [0.1, 0.15) is 46.7 Å². The number of carbonyl (C=O) groups is 1. The molecule has 1 saturated carbocycles. The molecule has 1 aromatic heterocycles. The lowest BCUT2D eigenvalue weighted by Crippen LogP contribution is -2.31. The number of hydrogen-bond acceptors (Lipinski definition) is 6. The number of carboxylic acids is 1. The molecule has 3 atom stereocenters. The van der Waals surface area contributed by atoms with Gasteiger partial charge < -0.3 is 14.6 Å². The largest absolute Gasteiger partial charge is 0.489 e. The first-order valence-electron chi connectivity index (χ1n) is 13.1. The number of aryl methyl sites for hydroxylation is 2. The molecule has 0 bridgehead atoms. The number of aliphatic carboxylic acids is 1. The number of pyridine rings is 1. The van der Waals surface area contributed by atoms with Crippen molar-refractivity contribution >= 4 is 15.8 Å². The summed E-state index contributed by atoms with van der Waals surface area (Å²) in [5.41, 5.74) is 7.42. The van der Waals surface area contributed by atoms with E-state index in [9.17, 15) is 18.3 Å². The van der Waals surface area contributed by atoms with Crippen molar-refractivity contribution in [1.82, 2.24) is 4.98 Å². The first kappa shape index (κ1) is 24.9. The van der Waals surface area contributed by atoms with E-state index < -0.39 is 15.8 Å². The van der Waals surface area contributed by atoms with E-state index in [1.54, 1.807) is 0 Å². The SMILES string of the molecule is Cc1cc(OC2CCS(=O)(=O)CC2)nc(C)c1-c1cccc(COc2ccc3c(c2)C[C@H]2[C@H](C(=O)O)[C@@H]32)c1. The van der Waals surface area contributed by atoms with E-state index in [1.807, 2.05) is 44.2 Å². The molecule has 1 N–H and O–H groups in total. The number of ether oxygens (including phenoxy) is 2. The predicted octanol–water partition coefficient (Wildman–Crippen LogP) is 4.87. The van der Waals surface area contributed by atoms with E-state index in [4.69, 9.17) is 9.47 Å². The van der Waals surface area contributed by atoms with Crippen LogP contribution in [0.4, 0.5) is 0 Å². The summed E-state index contributed by atoms with van der Waals surface area (Å²) < 4.78 is 35.6. The highest BCUT2D eigenvalue weighted by Crippen LogP contribution is 2.61. The van der Waals surface area contributed by atoms with Crippen LogP contribution >= 0.6 is 0 Å². The topological polar surface area (TPSA) is 103 Å². The Morgan fingerprint density at radius 1 is 1.08 bits per heavy atom. The summed E-state index contributed by atoms with van der Waals surface area (Å²) in [6, 6.07) is 16.2. The molecule has 8 heteroatoms. The van der Waals surface area contributed by atoms with Gasteiger partial charge in [0.2, 0.25) is 5.88 Å². The Hall–Kier alpha value is -3.39. The minimum atomic E-state index is -2.93. The van der Waals surface area contributed by atoms with Crippen LogP contribution in [0.15, 0.2) is 48.5 Å². The van der Waals surface area contributed by atoms with E-state index in [0.717, 1.165) is 45.7 Å². The lowest BCUT2D eigenvalue weighted by molar-refractivity contribution is -0.139. The highest BCUT2D eigenvalue weighted by atomic mass is 32.2. The number of benzene rings is 2. The van der Waals surface area contributed by atoms with Gasteiger partial charge in [-0.25, -0.2) is 13.4 Å². The molecule has 2 aliphatic carbocycles. The highest BCUT2D eigenvalue weighted by molar-refractivity contribution is 7.91. The lowest BCUT2D eigenvalue weighted by Gasteiger charge is -2.23. The van der Waals surface area contributed by atoms with Crippen molar-refractivity contribution in [2.24, 2.45) is 11.8 Å². The summed E-state index contributed by atoms with van der Waals surface area (Å²) in [6.45, 7) is 4.43. The summed E-state index contributed by atoms with van der Waals surface area (Å²) >= 11 is 0. The third-order valence-corrected chi connectivity index (χ3v) is 9.88. The average molecular weight is 534 g/mol. The molecule has 2 aromatic carbocycles. The maximum atomic E-state index is 11.7. The summed E-state index contributed by atoms with van der Waals surface area (Å²) in [5, 5.41) is 9.33. The average Bonchev–Trinajstić information content (AvgIpc) is 3.46. The van der Waals surface area contributed by atoms with Gasteiger partial charge in [-0.2, -0.15) is 0 Å². The molecule has 3 aromatic rings. The van der Waals surface area contributed by atoms with Gasteiger partial charge in [0.05, 0.1) is 17.4 Å². The Morgan fingerprint density at radius 3 is 2.61 bits per heavy atom. The van der Waals surface area contributed by atoms with E-state index in [-0.39, 0.29) is 35.4 Å². The molecule has 38 heavy (non-hydrogen) atoms. The highest BCUT2D eigenvalue weighted by Gasteiger charge is 2.59. The molecule has 6 rings (SSSR count). The van der Waals surface area contributed by atoms with Gasteiger partial charge in [0.1, 0.15) is 18.5 Å². The fourth-order valence-corrected chi connectivity index (χ4v) is 7.70. The zero-order valence-electron chi connectivity index (χ0n) is 21.5. The quantitative estimate of drug-likeness (QED) is 0.462. The monoisotopic (exact) mass is 533 g/mol. The van der Waals surface area contributed by atoms with Gasteiger partial charge in [-0.1, -0.05) is 24.3 Å². The van der Waals surface area contributed by atoms with Gasteiger partial charge in [-0.3, -0.25) is 4.79 Å². The van der Waals surface area contributed by atoms with Crippen molar-refractivity contribution < 1.29 is 27.8 Å². The van der Waals surface area contributed by atoms with Crippen molar-refractivity contribution in [2.45, 2.75) is 51.7 Å². The Bertz CT molecular complexity index is 1490. The third kappa shape index (κ3) is 4.77. The Balaban J connectivity index is 1.13. The standard InChI is InChI=1S/C30H31NO6S/c1-17-12-26(37-22-8-10-38(34,35)11-9-22)31-18(2)27(17)20-5-3-4-19(13-20)16-36-23-6-7-24-21(14-23)15-25-28(24)29(25)30(32)33/h3-7,12-14,22,25,28-29H,8-11,15-16H2,1-2H3,(H,32,33)/t25-,28+,29+/m1/s1. The maximum absolute atomic E-state index is 11.7. The third-order valence-electron chi connectivity index (χ3n) is 8.17. The van der Waals surface area contributed by atoms with Crippen molar-refractivity contribution in [3.63, 3.8) is 0 Å². The van der Waals surface area contributed by atoms with Gasteiger partial charge in [0, 0.05) is 23.2 Å². The van der Waals surface area contributed by atoms with Crippen LogP contribution in [0.2, 0.25) is 0 Å². The number of fused-ring (bicyclic) bond motifs is 3. The van der Waals surface area contributed by atoms with Crippen LogP contribution < -0.4 is 9.47 Å². The van der Waals surface area contributed by atoms with E-state index in [2.05, 4.69) is 23.2 Å². The number of sulfone groups is 1. The van der Waals surface area contributed by atoms with E-state index in [1.165, 1.54) is 5.56 Å². The van der Waals surface area contributed by atoms with Gasteiger partial charge in [-0.05, 0) is 85.0 Å². The Labute approximate surface area is 222 Å². The molecular formula is C30H31NO6S. The molecule has 1 aliphatic heterocycles. The number of rotatable bonds is 7. The van der Waals surface area contributed by atoms with Crippen LogP contribution in [-0.4, -0.2) is 42.1 Å². The molecule has 3 aliphatic rings. The van der Waals surface area contributed by atoms with Crippen LogP contribution in [0, 0.1) is 25.7 Å². The Morgan fingerprint density at radius 2 is 1.87 bits per heavy atom. The second-order valence-corrected chi connectivity index (χ2v) is 13.1. The first-order chi connectivity index (χ1) is 18.2. The molecule has 2 fully saturated rings. The molecule has 0 radical (unpaired) electrons. The van der Waals surface area contributed by atoms with Crippen molar-refractivity contribution in [3.8, 4) is 22.8 Å². The number of carboxylic acid groups (broad SMARTS) is 1. The molecule has 198 valence electrons. The first-order valence-corrected chi connectivity index (χ1v) is 14.9. The number of aromatic nitrogens is 1. The minimum Gasteiger partial charge on any atom is -0.489 e. The Kier molecular flexibility index (Phi) is 6.17. The zero-order chi connectivity index (χ0) is 26.6. The van der Waals surface area contributed by atoms with Crippen LogP contribution in [0.5, 0.6) is 11.6 Å². The fourth-order valence-electron chi connectivity index (χ4n) is 6.25. The van der Waals surface area contributed by atoms with Crippen LogP contribution in [0.3, 0.4) is 0 Å². The normalized spacial score (nSPS) is 23.4. The molecule has 2 heterocycles. The van der Waals surface area contributed by atoms with Gasteiger partial charge >= 0.3 is 5.97 Å². The molecule has 0 unspecified atom stereocenters. The van der Waals surface area contributed by atoms with Gasteiger partial charge in [0.25, 0.3) is 0 Å². The summed E-state index contributed by atoms with van der Waals surface area (Å²) in [7, 11) is -2.93. The van der Waals surface area contributed by atoms with E-state index >= 15 is 0 Å². The second kappa shape index (κ2) is 9.42. The molecule has 1 saturated heterocycles. The summed E-state index contributed by atoms with van der Waals surface area (Å²) in [5.74, 6) is 1.18. The van der Waals surface area contributed by atoms with Crippen molar-refractivity contribution in [1.29, 1.82) is 0 Å². The van der Waals surface area contributed by atoms with Crippen molar-refractivity contribution in [2.75, 3.05) is 11.5 Å². The van der Waals surface area contributed by atoms with Crippen LogP contribution in [0.25, 0.3) is 11.1 Å². The number of nitrogens with zero attached hydrogens (tertiary/aromatic N) is 1. The molecule has 0 amide bonds. The predicted molar refractivity (Wildman–Crippen MR) is 143 cm³/mol. The number of hydrogen-bond donors (Lipinski definition) is 1. The van der Waals surface area contributed by atoms with E-state index in [0.29, 0.717) is 25.3 Å². The van der Waals surface area contributed by atoms with Crippen molar-refractivity contribution in [3.05, 3.63) is 76.5 Å².